The summed E-state index contributed by atoms with van der Waals surface area (Å²) in [7, 11) is 0. The molecule has 2 N–H and O–H groups in total. The molecule has 9 heteroatoms. The standard InChI is InChI=1S/C21H16F2N4O2S/c22-16-7-6-13(8-17(16)23)19(28)10-24-20(29)18-12-30-21(26-18)14-9-25-27(11-14)15-4-2-1-3-5-15/h1-9,11-12,19,28H,10H2,(H,24,29). The molecule has 1 amide bonds. The third-order valence-electron chi connectivity index (χ3n) is 4.37. The van der Waals surface area contributed by atoms with E-state index in [-0.39, 0.29) is 17.8 Å². The first kappa shape index (κ1) is 19.9. The maximum Gasteiger partial charge on any atom is 0.270 e. The molecule has 0 bridgehead atoms. The van der Waals surface area contributed by atoms with Crippen molar-refractivity contribution in [2.45, 2.75) is 6.10 Å². The van der Waals surface area contributed by atoms with E-state index in [2.05, 4.69) is 15.4 Å². The van der Waals surface area contributed by atoms with Gasteiger partial charge in [0.25, 0.3) is 5.91 Å². The summed E-state index contributed by atoms with van der Waals surface area (Å²) in [6.07, 6.45) is 2.31. The van der Waals surface area contributed by atoms with Gasteiger partial charge in [-0.2, -0.15) is 5.10 Å². The zero-order valence-corrected chi connectivity index (χ0v) is 16.3. The number of nitrogens with one attached hydrogen (secondary N) is 1. The number of rotatable bonds is 6. The van der Waals surface area contributed by atoms with Gasteiger partial charge in [-0.1, -0.05) is 24.3 Å². The number of aliphatic hydroxyl groups excluding tert-OH is 1. The molecule has 0 saturated heterocycles. The Morgan fingerprint density at radius 3 is 2.73 bits per heavy atom. The minimum atomic E-state index is -1.17. The van der Waals surface area contributed by atoms with Gasteiger partial charge in [0.15, 0.2) is 11.6 Å². The molecule has 2 aromatic heterocycles. The minimum Gasteiger partial charge on any atom is -0.387 e. The van der Waals surface area contributed by atoms with E-state index in [1.165, 1.54) is 17.4 Å². The fourth-order valence-corrected chi connectivity index (χ4v) is 3.56. The molecule has 1 unspecified atom stereocenters. The summed E-state index contributed by atoms with van der Waals surface area (Å²) in [6.45, 7) is -0.164. The van der Waals surface area contributed by atoms with Crippen molar-refractivity contribution in [3.63, 3.8) is 0 Å². The van der Waals surface area contributed by atoms with Crippen LogP contribution in [0.25, 0.3) is 16.3 Å². The molecule has 0 aliphatic carbocycles. The van der Waals surface area contributed by atoms with Crippen molar-refractivity contribution in [2.24, 2.45) is 0 Å². The van der Waals surface area contributed by atoms with Crippen LogP contribution < -0.4 is 5.32 Å². The molecule has 152 valence electrons. The summed E-state index contributed by atoms with van der Waals surface area (Å²) in [5, 5.41) is 19.2. The van der Waals surface area contributed by atoms with Gasteiger partial charge in [0.1, 0.15) is 10.7 Å². The topological polar surface area (TPSA) is 80.0 Å². The molecule has 1 atom stereocenters. The van der Waals surface area contributed by atoms with Gasteiger partial charge in [0.05, 0.1) is 18.0 Å². The number of aliphatic hydroxyl groups is 1. The molecule has 6 nitrogen and oxygen atoms in total. The summed E-state index contributed by atoms with van der Waals surface area (Å²) in [4.78, 5) is 16.7. The van der Waals surface area contributed by atoms with Crippen LogP contribution in [0.15, 0.2) is 66.3 Å². The molecule has 2 heterocycles. The maximum atomic E-state index is 13.3. The van der Waals surface area contributed by atoms with Crippen molar-refractivity contribution in [3.8, 4) is 16.3 Å². The Hall–Kier alpha value is -3.43. The lowest BCUT2D eigenvalue weighted by Gasteiger charge is -2.12. The van der Waals surface area contributed by atoms with Crippen molar-refractivity contribution < 1.29 is 18.7 Å². The molecule has 2 aromatic carbocycles. The molecular weight excluding hydrogens is 410 g/mol. The number of hydrogen-bond donors (Lipinski definition) is 2. The van der Waals surface area contributed by atoms with Gasteiger partial charge < -0.3 is 10.4 Å². The first-order valence-corrected chi connectivity index (χ1v) is 9.86. The van der Waals surface area contributed by atoms with E-state index in [1.807, 2.05) is 36.5 Å². The second kappa shape index (κ2) is 8.52. The van der Waals surface area contributed by atoms with E-state index in [4.69, 9.17) is 0 Å². The largest absolute Gasteiger partial charge is 0.387 e. The number of hydrogen-bond acceptors (Lipinski definition) is 5. The predicted octanol–water partition coefficient (Wildman–Crippen LogP) is 3.74. The van der Waals surface area contributed by atoms with Crippen LogP contribution in [-0.4, -0.2) is 32.3 Å². The summed E-state index contributed by atoms with van der Waals surface area (Å²) >= 11 is 1.29. The van der Waals surface area contributed by atoms with Crippen LogP contribution >= 0.6 is 11.3 Å². The Kier molecular flexibility index (Phi) is 5.64. The molecule has 0 fully saturated rings. The number of halogens is 2. The van der Waals surface area contributed by atoms with Crippen molar-refractivity contribution >= 4 is 17.2 Å². The lowest BCUT2D eigenvalue weighted by molar-refractivity contribution is 0.0912. The van der Waals surface area contributed by atoms with Crippen molar-refractivity contribution in [1.29, 1.82) is 0 Å². The lowest BCUT2D eigenvalue weighted by Crippen LogP contribution is -2.28. The molecule has 0 spiro atoms. The third kappa shape index (κ3) is 4.27. The van der Waals surface area contributed by atoms with Crippen LogP contribution in [0.2, 0.25) is 0 Å². The van der Waals surface area contributed by atoms with Crippen LogP contribution in [0.1, 0.15) is 22.2 Å². The van der Waals surface area contributed by atoms with Crippen LogP contribution in [0.4, 0.5) is 8.78 Å². The quantitative estimate of drug-likeness (QED) is 0.492. The highest BCUT2D eigenvalue weighted by Gasteiger charge is 2.16. The third-order valence-corrected chi connectivity index (χ3v) is 5.26. The molecule has 0 aliphatic heterocycles. The molecule has 0 aliphatic rings. The zero-order valence-electron chi connectivity index (χ0n) is 15.5. The molecule has 4 rings (SSSR count). The van der Waals surface area contributed by atoms with Gasteiger partial charge in [0, 0.05) is 23.7 Å². The second-order valence-electron chi connectivity index (χ2n) is 6.45. The Labute approximate surface area is 174 Å². The Bertz CT molecular complexity index is 1180. The minimum absolute atomic E-state index is 0.164. The van der Waals surface area contributed by atoms with Gasteiger partial charge in [-0.15, -0.1) is 11.3 Å². The molecular formula is C21H16F2N4O2S. The second-order valence-corrected chi connectivity index (χ2v) is 7.30. The SMILES string of the molecule is O=C(NCC(O)c1ccc(F)c(F)c1)c1csc(-c2cnn(-c3ccccc3)c2)n1. The summed E-state index contributed by atoms with van der Waals surface area (Å²) in [6, 6.07) is 12.7. The average molecular weight is 426 g/mol. The van der Waals surface area contributed by atoms with Gasteiger partial charge in [0.2, 0.25) is 0 Å². The first-order valence-electron chi connectivity index (χ1n) is 8.98. The summed E-state index contributed by atoms with van der Waals surface area (Å²) in [5.41, 5.74) is 2.04. The van der Waals surface area contributed by atoms with E-state index in [1.54, 1.807) is 16.3 Å². The number of thiazole rings is 1. The van der Waals surface area contributed by atoms with Crippen LogP contribution in [0.5, 0.6) is 0 Å². The fraction of sp³-hybridized carbons (Fsp3) is 0.0952. The van der Waals surface area contributed by atoms with E-state index < -0.39 is 23.6 Å². The van der Waals surface area contributed by atoms with Gasteiger partial charge in [-0.05, 0) is 29.8 Å². The smallest absolute Gasteiger partial charge is 0.270 e. The van der Waals surface area contributed by atoms with Crippen LogP contribution in [0, 0.1) is 11.6 Å². The highest BCUT2D eigenvalue weighted by Crippen LogP contribution is 2.24. The van der Waals surface area contributed by atoms with E-state index >= 15 is 0 Å². The number of para-hydroxylation sites is 1. The van der Waals surface area contributed by atoms with Crippen molar-refractivity contribution in [2.75, 3.05) is 6.54 Å². The van der Waals surface area contributed by atoms with Crippen molar-refractivity contribution in [3.05, 3.63) is 89.2 Å². The molecule has 0 saturated carbocycles. The number of carbonyl (C=O) groups excluding carboxylic acids is 1. The lowest BCUT2D eigenvalue weighted by atomic mass is 10.1. The molecule has 4 aromatic rings. The number of benzene rings is 2. The maximum absolute atomic E-state index is 13.3. The van der Waals surface area contributed by atoms with E-state index in [0.29, 0.717) is 5.01 Å². The van der Waals surface area contributed by atoms with Gasteiger partial charge in [-0.25, -0.2) is 18.4 Å². The zero-order chi connectivity index (χ0) is 21.1. The van der Waals surface area contributed by atoms with E-state index in [0.717, 1.165) is 23.4 Å². The first-order chi connectivity index (χ1) is 14.5. The van der Waals surface area contributed by atoms with E-state index in [9.17, 15) is 18.7 Å². The molecule has 0 radical (unpaired) electrons. The summed E-state index contributed by atoms with van der Waals surface area (Å²) < 4.78 is 28.0. The number of nitrogens with zero attached hydrogens (tertiary/aromatic N) is 3. The Balaban J connectivity index is 1.40. The average Bonchev–Trinajstić information content (AvgIpc) is 3.44. The number of aromatic nitrogens is 3. The number of carbonyl (C=O) groups is 1. The highest BCUT2D eigenvalue weighted by atomic mass is 32.1. The van der Waals surface area contributed by atoms with Gasteiger partial charge in [-0.3, -0.25) is 4.79 Å². The van der Waals surface area contributed by atoms with Crippen molar-refractivity contribution in [1.82, 2.24) is 20.1 Å². The van der Waals surface area contributed by atoms with Crippen LogP contribution in [0.3, 0.4) is 0 Å². The predicted molar refractivity (Wildman–Crippen MR) is 108 cm³/mol. The fourth-order valence-electron chi connectivity index (χ4n) is 2.78. The Morgan fingerprint density at radius 2 is 1.97 bits per heavy atom. The normalized spacial score (nSPS) is 12.0. The van der Waals surface area contributed by atoms with Gasteiger partial charge >= 0.3 is 0 Å². The molecule has 30 heavy (non-hydrogen) atoms. The Morgan fingerprint density at radius 1 is 1.17 bits per heavy atom. The monoisotopic (exact) mass is 426 g/mol. The summed E-state index contributed by atoms with van der Waals surface area (Å²) in [5.74, 6) is -2.53. The number of amides is 1. The highest BCUT2D eigenvalue weighted by molar-refractivity contribution is 7.13. The van der Waals surface area contributed by atoms with Crippen LogP contribution in [-0.2, 0) is 0 Å².